The zero-order valence-electron chi connectivity index (χ0n) is 21.5. The average molecular weight is 542 g/mol. The summed E-state index contributed by atoms with van der Waals surface area (Å²) < 4.78 is 60.1. The van der Waals surface area contributed by atoms with Crippen LogP contribution in [-0.2, 0) is 26.9 Å². The number of amides is 1. The topological polar surface area (TPSA) is 94.5 Å². The fraction of sp³-hybridized carbons (Fsp3) is 0.481. The molecule has 0 aromatic heterocycles. The lowest BCUT2D eigenvalue weighted by atomic mass is 10.1. The van der Waals surface area contributed by atoms with Gasteiger partial charge in [-0.3, -0.25) is 0 Å². The van der Waals surface area contributed by atoms with Crippen molar-refractivity contribution in [3.63, 3.8) is 0 Å². The van der Waals surface area contributed by atoms with E-state index in [1.54, 1.807) is 31.2 Å². The van der Waals surface area contributed by atoms with E-state index in [1.165, 1.54) is 4.90 Å². The summed E-state index contributed by atoms with van der Waals surface area (Å²) in [6.45, 7) is 5.66. The molecule has 0 heterocycles. The largest absolute Gasteiger partial charge is 0.492 e. The summed E-state index contributed by atoms with van der Waals surface area (Å²) in [7, 11) is 0. The quantitative estimate of drug-likeness (QED) is 0.283. The number of hydrogen-bond acceptors (Lipinski definition) is 6. The van der Waals surface area contributed by atoms with E-state index in [2.05, 4.69) is 0 Å². The predicted molar refractivity (Wildman–Crippen MR) is 133 cm³/mol. The second-order valence-corrected chi connectivity index (χ2v) is 8.32. The molecule has 2 rings (SSSR count). The van der Waals surface area contributed by atoms with E-state index in [9.17, 15) is 27.9 Å². The molecule has 0 bridgehead atoms. The Balaban J connectivity index is 1.94. The minimum absolute atomic E-state index is 0.00143. The second kappa shape index (κ2) is 15.8. The average Bonchev–Trinajstić information content (AvgIpc) is 2.88. The number of rotatable bonds is 16. The van der Waals surface area contributed by atoms with Gasteiger partial charge in [-0.25, -0.2) is 9.59 Å². The standard InChI is InChI=1S/C27H34F3NO7/c1-3-16-35-17-5-14-31(26(34)38-23-12-8-21(9-13-23)27(28,29)30)15-18-37-22-10-6-20(7-11-22)19-24(25(32)33)36-4-2/h6-13,24H,3-5,14-19H2,1-2H3,(H,32,33). The zero-order valence-corrected chi connectivity index (χ0v) is 21.5. The molecule has 38 heavy (non-hydrogen) atoms. The normalized spacial score (nSPS) is 12.1. The van der Waals surface area contributed by atoms with Gasteiger partial charge in [0, 0.05) is 32.8 Å². The lowest BCUT2D eigenvalue weighted by Crippen LogP contribution is -2.38. The third kappa shape index (κ3) is 11.0. The first kappa shape index (κ1) is 30.9. The molecule has 8 nitrogen and oxygen atoms in total. The van der Waals surface area contributed by atoms with Crippen LogP contribution in [0.3, 0.4) is 0 Å². The summed E-state index contributed by atoms with van der Waals surface area (Å²) in [6.07, 6.45) is -4.50. The highest BCUT2D eigenvalue weighted by Crippen LogP contribution is 2.30. The molecule has 0 saturated heterocycles. The smallest absolute Gasteiger partial charge is 0.416 e. The summed E-state index contributed by atoms with van der Waals surface area (Å²) in [5.41, 5.74) is -0.0648. The Hall–Kier alpha value is -3.31. The van der Waals surface area contributed by atoms with E-state index < -0.39 is 29.9 Å². The molecule has 0 spiro atoms. The number of alkyl halides is 3. The van der Waals surface area contributed by atoms with E-state index in [1.807, 2.05) is 6.92 Å². The molecule has 0 aliphatic carbocycles. The number of carboxylic acids is 1. The molecule has 0 fully saturated rings. The molecule has 11 heteroatoms. The molecule has 1 atom stereocenters. The van der Waals surface area contributed by atoms with E-state index >= 15 is 0 Å². The van der Waals surface area contributed by atoms with Gasteiger partial charge in [0.05, 0.1) is 12.1 Å². The van der Waals surface area contributed by atoms with Crippen molar-refractivity contribution in [3.05, 3.63) is 59.7 Å². The monoisotopic (exact) mass is 541 g/mol. The van der Waals surface area contributed by atoms with Gasteiger partial charge in [-0.1, -0.05) is 19.1 Å². The molecule has 2 aromatic carbocycles. The molecule has 2 aromatic rings. The van der Waals surface area contributed by atoms with Crippen LogP contribution in [0.4, 0.5) is 18.0 Å². The third-order valence-corrected chi connectivity index (χ3v) is 5.33. The second-order valence-electron chi connectivity index (χ2n) is 8.32. The number of carbonyl (C=O) groups excluding carboxylic acids is 1. The van der Waals surface area contributed by atoms with Gasteiger partial charge in [-0.15, -0.1) is 0 Å². The van der Waals surface area contributed by atoms with Crippen LogP contribution < -0.4 is 9.47 Å². The van der Waals surface area contributed by atoms with Crippen LogP contribution in [0.2, 0.25) is 0 Å². The summed E-state index contributed by atoms with van der Waals surface area (Å²) in [6, 6.07) is 10.8. The molecule has 1 N–H and O–H groups in total. The Morgan fingerprint density at radius 3 is 2.16 bits per heavy atom. The van der Waals surface area contributed by atoms with Gasteiger partial charge >= 0.3 is 18.2 Å². The van der Waals surface area contributed by atoms with E-state index in [-0.39, 0.29) is 25.3 Å². The van der Waals surface area contributed by atoms with Gasteiger partial charge in [0.2, 0.25) is 0 Å². The molecule has 0 aliphatic heterocycles. The lowest BCUT2D eigenvalue weighted by Gasteiger charge is -2.22. The lowest BCUT2D eigenvalue weighted by molar-refractivity contribution is -0.150. The maximum absolute atomic E-state index is 12.8. The predicted octanol–water partition coefficient (Wildman–Crippen LogP) is 5.43. The number of carbonyl (C=O) groups is 2. The summed E-state index contributed by atoms with van der Waals surface area (Å²) in [5, 5.41) is 9.23. The van der Waals surface area contributed by atoms with Crippen molar-refractivity contribution in [2.75, 3.05) is 39.5 Å². The van der Waals surface area contributed by atoms with Gasteiger partial charge < -0.3 is 29.0 Å². The van der Waals surface area contributed by atoms with Gasteiger partial charge in [-0.05, 0) is 61.7 Å². The van der Waals surface area contributed by atoms with Crippen molar-refractivity contribution in [1.82, 2.24) is 4.90 Å². The molecule has 0 radical (unpaired) electrons. The summed E-state index contributed by atoms with van der Waals surface area (Å²) in [5.74, 6) is -0.506. The number of carboxylic acid groups (broad SMARTS) is 1. The van der Waals surface area contributed by atoms with Crippen molar-refractivity contribution in [1.29, 1.82) is 0 Å². The summed E-state index contributed by atoms with van der Waals surface area (Å²) >= 11 is 0. The summed E-state index contributed by atoms with van der Waals surface area (Å²) in [4.78, 5) is 25.4. The van der Waals surface area contributed by atoms with Crippen LogP contribution in [0.15, 0.2) is 48.5 Å². The Morgan fingerprint density at radius 1 is 0.921 bits per heavy atom. The van der Waals surface area contributed by atoms with Crippen molar-refractivity contribution in [2.24, 2.45) is 0 Å². The van der Waals surface area contributed by atoms with Crippen molar-refractivity contribution in [2.45, 2.75) is 45.4 Å². The Kier molecular flexibility index (Phi) is 12.9. The molecule has 0 saturated carbocycles. The maximum Gasteiger partial charge on any atom is 0.416 e. The molecular formula is C27H34F3NO7. The number of benzene rings is 2. The van der Waals surface area contributed by atoms with E-state index in [0.29, 0.717) is 38.5 Å². The van der Waals surface area contributed by atoms with Gasteiger partial charge in [0.1, 0.15) is 18.1 Å². The van der Waals surface area contributed by atoms with Crippen LogP contribution in [0, 0.1) is 0 Å². The van der Waals surface area contributed by atoms with E-state index in [0.717, 1.165) is 36.2 Å². The van der Waals surface area contributed by atoms with Crippen molar-refractivity contribution in [3.8, 4) is 11.5 Å². The van der Waals surface area contributed by atoms with Gasteiger partial charge in [0.25, 0.3) is 0 Å². The fourth-order valence-corrected chi connectivity index (χ4v) is 3.40. The highest BCUT2D eigenvalue weighted by Gasteiger charge is 2.30. The fourth-order valence-electron chi connectivity index (χ4n) is 3.40. The van der Waals surface area contributed by atoms with Crippen LogP contribution in [0.25, 0.3) is 0 Å². The molecule has 1 unspecified atom stereocenters. The third-order valence-electron chi connectivity index (χ3n) is 5.33. The van der Waals surface area contributed by atoms with Crippen LogP contribution >= 0.6 is 0 Å². The highest BCUT2D eigenvalue weighted by atomic mass is 19.4. The van der Waals surface area contributed by atoms with Crippen LogP contribution in [0.1, 0.15) is 37.8 Å². The Bertz CT molecular complexity index is 982. The van der Waals surface area contributed by atoms with Crippen molar-refractivity contribution < 1.29 is 46.8 Å². The first-order valence-electron chi connectivity index (χ1n) is 12.4. The minimum Gasteiger partial charge on any atom is -0.492 e. The van der Waals surface area contributed by atoms with E-state index in [4.69, 9.17) is 18.9 Å². The molecule has 0 aliphatic rings. The van der Waals surface area contributed by atoms with Crippen LogP contribution in [-0.4, -0.2) is 67.7 Å². The van der Waals surface area contributed by atoms with Crippen LogP contribution in [0.5, 0.6) is 11.5 Å². The number of halogens is 3. The molecule has 1 amide bonds. The molecule has 210 valence electrons. The van der Waals surface area contributed by atoms with Gasteiger partial charge in [0.15, 0.2) is 6.10 Å². The van der Waals surface area contributed by atoms with Gasteiger partial charge in [-0.2, -0.15) is 13.2 Å². The molecular weight excluding hydrogens is 507 g/mol. The Morgan fingerprint density at radius 2 is 1.58 bits per heavy atom. The first-order valence-corrected chi connectivity index (χ1v) is 12.4. The first-order chi connectivity index (χ1) is 18.1. The SMILES string of the molecule is CCCOCCCN(CCOc1ccc(CC(OCC)C(=O)O)cc1)C(=O)Oc1ccc(C(F)(F)F)cc1. The number of aliphatic carboxylic acids is 1. The number of hydrogen-bond donors (Lipinski definition) is 1. The van der Waals surface area contributed by atoms with Crippen molar-refractivity contribution >= 4 is 12.1 Å². The zero-order chi connectivity index (χ0) is 28.0. The maximum atomic E-state index is 12.8. The number of nitrogens with zero attached hydrogens (tertiary/aromatic N) is 1. The number of ether oxygens (including phenoxy) is 4. The minimum atomic E-state index is -4.48. The Labute approximate surface area is 220 Å². The highest BCUT2D eigenvalue weighted by molar-refractivity contribution is 5.72.